The number of carbonyl (C=O) groups excluding carboxylic acids is 4. The van der Waals surface area contributed by atoms with Crippen LogP contribution < -0.4 is 15.4 Å². The Labute approximate surface area is 191 Å². The number of Topliss-reactive ketones (excluding diaryl/α,β-unsaturated/α-hetero) is 2. The number of hydrogen-bond acceptors (Lipinski definition) is 5. The molecule has 0 aliphatic heterocycles. The molecule has 0 saturated heterocycles. The molecule has 7 heteroatoms. The van der Waals surface area contributed by atoms with Crippen LogP contribution in [0.1, 0.15) is 60.8 Å². The van der Waals surface area contributed by atoms with Crippen LogP contribution in [0, 0.1) is 6.92 Å². The predicted molar refractivity (Wildman–Crippen MR) is 125 cm³/mol. The molecule has 0 aromatic heterocycles. The molecule has 0 heterocycles. The van der Waals surface area contributed by atoms with E-state index < -0.39 is 17.6 Å². The van der Waals surface area contributed by atoms with Gasteiger partial charge in [0.05, 0.1) is 11.1 Å². The fourth-order valence-corrected chi connectivity index (χ4v) is 3.24. The summed E-state index contributed by atoms with van der Waals surface area (Å²) in [6, 6.07) is 16.9. The molecule has 3 rings (SSSR count). The van der Waals surface area contributed by atoms with Gasteiger partial charge in [0.1, 0.15) is 11.5 Å². The van der Waals surface area contributed by atoms with Gasteiger partial charge in [0, 0.05) is 23.9 Å². The van der Waals surface area contributed by atoms with Crippen LogP contribution in [-0.4, -0.2) is 30.4 Å². The number of nitrogens with one attached hydrogen (secondary N) is 2. The molecule has 0 aliphatic carbocycles. The van der Waals surface area contributed by atoms with Crippen molar-refractivity contribution in [3.8, 4) is 11.5 Å². The highest BCUT2D eigenvalue weighted by Crippen LogP contribution is 2.25. The van der Waals surface area contributed by atoms with E-state index in [1.165, 1.54) is 33.0 Å². The second-order valence-corrected chi connectivity index (χ2v) is 7.53. The summed E-state index contributed by atoms with van der Waals surface area (Å²) in [5.41, 5.74) is 1.77. The Bertz CT molecular complexity index is 1230. The molecule has 33 heavy (non-hydrogen) atoms. The van der Waals surface area contributed by atoms with E-state index in [9.17, 15) is 19.2 Å². The standard InChI is InChI=1S/C26H24N2O5/c1-15-5-9-19(10-6-15)33-20-11-7-18(8-12-20)28-26(32)24-14-23(25(31)27-4)21(16(2)29)13-22(24)17(3)30/h5-14H,1-4H3,(H,27,31)(H,28,32). The summed E-state index contributed by atoms with van der Waals surface area (Å²) in [6.07, 6.45) is 0. The van der Waals surface area contributed by atoms with E-state index in [0.29, 0.717) is 17.2 Å². The Balaban J connectivity index is 1.87. The molecule has 0 bridgehead atoms. The summed E-state index contributed by atoms with van der Waals surface area (Å²) in [4.78, 5) is 49.4. The second-order valence-electron chi connectivity index (χ2n) is 7.53. The lowest BCUT2D eigenvalue weighted by Crippen LogP contribution is -2.24. The van der Waals surface area contributed by atoms with Gasteiger partial charge in [-0.2, -0.15) is 0 Å². The molecule has 3 aromatic rings. The van der Waals surface area contributed by atoms with Gasteiger partial charge in [-0.3, -0.25) is 19.2 Å². The third-order valence-electron chi connectivity index (χ3n) is 5.00. The van der Waals surface area contributed by atoms with Gasteiger partial charge in [-0.15, -0.1) is 0 Å². The molecule has 0 unspecified atom stereocenters. The van der Waals surface area contributed by atoms with Crippen LogP contribution in [0.2, 0.25) is 0 Å². The van der Waals surface area contributed by atoms with Crippen LogP contribution in [0.5, 0.6) is 11.5 Å². The lowest BCUT2D eigenvalue weighted by atomic mass is 9.93. The van der Waals surface area contributed by atoms with E-state index in [-0.39, 0.29) is 28.0 Å². The average molecular weight is 444 g/mol. The van der Waals surface area contributed by atoms with E-state index in [1.807, 2.05) is 31.2 Å². The predicted octanol–water partition coefficient (Wildman–Crippen LogP) is 4.80. The van der Waals surface area contributed by atoms with E-state index in [0.717, 1.165) is 5.56 Å². The lowest BCUT2D eigenvalue weighted by Gasteiger charge is -2.14. The summed E-state index contributed by atoms with van der Waals surface area (Å²) in [6.45, 7) is 4.59. The number of ketones is 2. The van der Waals surface area contributed by atoms with Crippen molar-refractivity contribution in [1.29, 1.82) is 0 Å². The van der Waals surface area contributed by atoms with Crippen LogP contribution in [0.15, 0.2) is 60.7 Å². The Morgan fingerprint density at radius 2 is 1.12 bits per heavy atom. The lowest BCUT2D eigenvalue weighted by molar-refractivity contribution is 0.0944. The molecule has 2 amide bonds. The monoisotopic (exact) mass is 444 g/mol. The number of rotatable bonds is 7. The topological polar surface area (TPSA) is 102 Å². The molecule has 0 saturated carbocycles. The first kappa shape index (κ1) is 23.4. The fraction of sp³-hybridized carbons (Fsp3) is 0.154. The number of aryl methyl sites for hydroxylation is 1. The van der Waals surface area contributed by atoms with Crippen molar-refractivity contribution >= 4 is 29.1 Å². The van der Waals surface area contributed by atoms with Crippen LogP contribution >= 0.6 is 0 Å². The maximum absolute atomic E-state index is 13.0. The van der Waals surface area contributed by atoms with E-state index in [2.05, 4.69) is 10.6 Å². The molecular formula is C26H24N2O5. The first-order valence-electron chi connectivity index (χ1n) is 10.3. The Morgan fingerprint density at radius 3 is 1.61 bits per heavy atom. The molecular weight excluding hydrogens is 420 g/mol. The number of amides is 2. The second kappa shape index (κ2) is 9.91. The molecule has 3 aromatic carbocycles. The fourth-order valence-electron chi connectivity index (χ4n) is 3.24. The molecule has 0 atom stereocenters. The Kier molecular flexibility index (Phi) is 7.03. The minimum absolute atomic E-state index is 0.00563. The van der Waals surface area contributed by atoms with Gasteiger partial charge in [0.2, 0.25) is 0 Å². The molecule has 2 N–H and O–H groups in total. The van der Waals surface area contributed by atoms with Gasteiger partial charge in [0.25, 0.3) is 11.8 Å². The number of benzene rings is 3. The maximum atomic E-state index is 13.0. The minimum atomic E-state index is -0.576. The Hall–Kier alpha value is -4.26. The molecule has 168 valence electrons. The van der Waals surface area contributed by atoms with Gasteiger partial charge >= 0.3 is 0 Å². The van der Waals surface area contributed by atoms with E-state index in [4.69, 9.17) is 4.74 Å². The number of anilines is 1. The van der Waals surface area contributed by atoms with Crippen LogP contribution in [0.25, 0.3) is 0 Å². The highest BCUT2D eigenvalue weighted by Gasteiger charge is 2.23. The van der Waals surface area contributed by atoms with Crippen molar-refractivity contribution in [1.82, 2.24) is 5.32 Å². The molecule has 7 nitrogen and oxygen atoms in total. The zero-order valence-corrected chi connectivity index (χ0v) is 18.8. The van der Waals surface area contributed by atoms with Crippen LogP contribution in [0.3, 0.4) is 0 Å². The maximum Gasteiger partial charge on any atom is 0.256 e. The molecule has 0 spiro atoms. The molecule has 0 fully saturated rings. The zero-order chi connectivity index (χ0) is 24.1. The van der Waals surface area contributed by atoms with Crippen LogP contribution in [0.4, 0.5) is 5.69 Å². The van der Waals surface area contributed by atoms with Gasteiger partial charge in [0.15, 0.2) is 11.6 Å². The SMILES string of the molecule is CNC(=O)c1cc(C(=O)Nc2ccc(Oc3ccc(C)cc3)cc2)c(C(C)=O)cc1C(C)=O. The first-order chi connectivity index (χ1) is 15.7. The normalized spacial score (nSPS) is 10.3. The number of carbonyl (C=O) groups is 4. The van der Waals surface area contributed by atoms with Crippen molar-refractivity contribution in [2.75, 3.05) is 12.4 Å². The number of hydrogen-bond donors (Lipinski definition) is 2. The Morgan fingerprint density at radius 1 is 0.667 bits per heavy atom. The largest absolute Gasteiger partial charge is 0.457 e. The summed E-state index contributed by atoms with van der Waals surface area (Å²) < 4.78 is 5.78. The summed E-state index contributed by atoms with van der Waals surface area (Å²) >= 11 is 0. The van der Waals surface area contributed by atoms with Crippen molar-refractivity contribution < 1.29 is 23.9 Å². The molecule has 0 aliphatic rings. The van der Waals surface area contributed by atoms with Crippen LogP contribution in [-0.2, 0) is 0 Å². The zero-order valence-electron chi connectivity index (χ0n) is 18.8. The third kappa shape index (κ3) is 5.51. The van der Waals surface area contributed by atoms with E-state index in [1.54, 1.807) is 24.3 Å². The van der Waals surface area contributed by atoms with Gasteiger partial charge in [-0.1, -0.05) is 17.7 Å². The summed E-state index contributed by atoms with van der Waals surface area (Å²) in [5, 5.41) is 5.17. The highest BCUT2D eigenvalue weighted by molar-refractivity contribution is 6.16. The van der Waals surface area contributed by atoms with Gasteiger partial charge < -0.3 is 15.4 Å². The van der Waals surface area contributed by atoms with E-state index >= 15 is 0 Å². The quantitative estimate of drug-likeness (QED) is 0.510. The summed E-state index contributed by atoms with van der Waals surface area (Å²) in [7, 11) is 1.42. The third-order valence-corrected chi connectivity index (χ3v) is 5.00. The van der Waals surface area contributed by atoms with Gasteiger partial charge in [-0.05, 0) is 69.3 Å². The number of ether oxygens (including phenoxy) is 1. The smallest absolute Gasteiger partial charge is 0.256 e. The average Bonchev–Trinajstić information content (AvgIpc) is 2.80. The summed E-state index contributed by atoms with van der Waals surface area (Å²) in [5.74, 6) is -0.598. The first-order valence-corrected chi connectivity index (χ1v) is 10.3. The van der Waals surface area contributed by atoms with Gasteiger partial charge in [-0.25, -0.2) is 0 Å². The van der Waals surface area contributed by atoms with Crippen molar-refractivity contribution in [3.63, 3.8) is 0 Å². The van der Waals surface area contributed by atoms with Crippen molar-refractivity contribution in [2.45, 2.75) is 20.8 Å². The minimum Gasteiger partial charge on any atom is -0.457 e. The van der Waals surface area contributed by atoms with Crippen molar-refractivity contribution in [3.05, 3.63) is 88.5 Å². The molecule has 0 radical (unpaired) electrons. The highest BCUT2D eigenvalue weighted by atomic mass is 16.5. The van der Waals surface area contributed by atoms with Crippen molar-refractivity contribution in [2.24, 2.45) is 0 Å².